The van der Waals surface area contributed by atoms with Gasteiger partial charge in [-0.1, -0.05) is 32.9 Å². The molecule has 4 bridgehead atoms. The Bertz CT molecular complexity index is 1070. The molecule has 1 aromatic carbocycles. The highest BCUT2D eigenvalue weighted by atomic mass is 16.5. The van der Waals surface area contributed by atoms with Crippen LogP contribution >= 0.6 is 0 Å². The maximum absolute atomic E-state index is 12.1. The fraction of sp³-hybridized carbons (Fsp3) is 0.741. The van der Waals surface area contributed by atoms with Crippen LogP contribution in [0.5, 0.6) is 5.75 Å². The summed E-state index contributed by atoms with van der Waals surface area (Å²) in [7, 11) is 0. The molecular weight excluding hydrogens is 416 g/mol. The molecule has 3 N–H and O–H groups in total. The van der Waals surface area contributed by atoms with Crippen LogP contribution in [0.2, 0.25) is 0 Å². The predicted molar refractivity (Wildman–Crippen MR) is 122 cm³/mol. The van der Waals surface area contributed by atoms with E-state index in [4.69, 9.17) is 4.74 Å². The minimum atomic E-state index is -1.02. The van der Waals surface area contributed by atoms with Gasteiger partial charge in [0, 0.05) is 40.0 Å². The van der Waals surface area contributed by atoms with E-state index in [1.54, 1.807) is 0 Å². The van der Waals surface area contributed by atoms with E-state index in [0.717, 1.165) is 43.4 Å². The van der Waals surface area contributed by atoms with Crippen LogP contribution in [0.1, 0.15) is 70.1 Å². The maximum atomic E-state index is 12.1. The predicted octanol–water partition coefficient (Wildman–Crippen LogP) is 2.87. The molecule has 33 heavy (non-hydrogen) atoms. The highest BCUT2D eigenvalue weighted by Crippen LogP contribution is 2.79. The van der Waals surface area contributed by atoms with Crippen molar-refractivity contribution in [1.82, 2.24) is 4.90 Å². The van der Waals surface area contributed by atoms with Crippen molar-refractivity contribution in [2.45, 2.75) is 89.6 Å². The van der Waals surface area contributed by atoms with E-state index in [1.807, 2.05) is 17.9 Å². The number of benzene rings is 1. The summed E-state index contributed by atoms with van der Waals surface area (Å²) in [6.45, 7) is 8.73. The molecule has 0 radical (unpaired) electrons. The Morgan fingerprint density at radius 2 is 1.94 bits per heavy atom. The fourth-order valence-electron chi connectivity index (χ4n) is 9.11. The Morgan fingerprint density at radius 3 is 2.58 bits per heavy atom. The summed E-state index contributed by atoms with van der Waals surface area (Å²) in [6.07, 6.45) is 6.32. The average molecular weight is 453 g/mol. The number of hydrogen-bond acceptors (Lipinski definition) is 6. The first-order valence-electron chi connectivity index (χ1n) is 12.5. The number of hydrogen-bond donors (Lipinski definition) is 3. The second-order valence-corrected chi connectivity index (χ2v) is 12.7. The van der Waals surface area contributed by atoms with Crippen LogP contribution in [-0.4, -0.2) is 51.1 Å². The first kappa shape index (κ1) is 21.7. The van der Waals surface area contributed by atoms with E-state index in [2.05, 4.69) is 33.0 Å². The van der Waals surface area contributed by atoms with E-state index < -0.39 is 11.0 Å². The lowest BCUT2D eigenvalue weighted by Gasteiger charge is -2.75. The molecule has 2 heterocycles. The van der Waals surface area contributed by atoms with Crippen molar-refractivity contribution >= 4 is 0 Å². The number of rotatable bonds is 3. The molecule has 4 aliphatic carbocycles. The molecule has 1 unspecified atom stereocenters. The van der Waals surface area contributed by atoms with Crippen molar-refractivity contribution in [3.8, 4) is 11.9 Å². The zero-order chi connectivity index (χ0) is 23.6. The van der Waals surface area contributed by atoms with Crippen LogP contribution in [0.15, 0.2) is 12.1 Å². The second kappa shape index (κ2) is 6.24. The van der Waals surface area contributed by atoms with Crippen LogP contribution in [0.25, 0.3) is 0 Å². The monoisotopic (exact) mass is 452 g/mol. The number of ether oxygens (including phenoxy) is 1. The molecule has 6 aliphatic rings. The van der Waals surface area contributed by atoms with Gasteiger partial charge in [-0.2, -0.15) is 5.26 Å². The van der Waals surface area contributed by atoms with Gasteiger partial charge in [0.25, 0.3) is 0 Å². The smallest absolute Gasteiger partial charge is 0.179 e. The Balaban J connectivity index is 1.66. The van der Waals surface area contributed by atoms with Crippen molar-refractivity contribution in [2.24, 2.45) is 22.2 Å². The quantitative estimate of drug-likeness (QED) is 0.611. The molecule has 7 rings (SSSR count). The van der Waals surface area contributed by atoms with Crippen molar-refractivity contribution in [3.05, 3.63) is 28.8 Å². The van der Waals surface area contributed by atoms with Gasteiger partial charge in [-0.25, -0.2) is 0 Å². The number of nitrogens with zero attached hydrogens (tertiary/aromatic N) is 2. The second-order valence-electron chi connectivity index (χ2n) is 12.7. The third-order valence-electron chi connectivity index (χ3n) is 11.1. The third kappa shape index (κ3) is 2.13. The molecule has 0 amide bonds. The molecule has 178 valence electrons. The number of aliphatic hydroxyl groups excluding tert-OH is 2. The van der Waals surface area contributed by atoms with Gasteiger partial charge in [0.1, 0.15) is 11.9 Å². The Hall–Kier alpha value is -1.81. The van der Waals surface area contributed by atoms with E-state index in [1.165, 1.54) is 11.1 Å². The highest BCUT2D eigenvalue weighted by Gasteiger charge is 2.81. The number of aliphatic hydroxyl groups is 3. The van der Waals surface area contributed by atoms with Crippen LogP contribution in [0.4, 0.5) is 0 Å². The largest absolute Gasteiger partial charge is 0.488 e. The van der Waals surface area contributed by atoms with Gasteiger partial charge in [0.2, 0.25) is 0 Å². The normalized spacial score (nSPS) is 41.8. The van der Waals surface area contributed by atoms with Gasteiger partial charge < -0.3 is 25.0 Å². The molecule has 1 saturated heterocycles. The summed E-state index contributed by atoms with van der Waals surface area (Å²) >= 11 is 0. The standard InChI is InChI=1S/C27H36N2O4/c1-23(2,3)24(4,32)18-12-26-8-7-25(18,14-31)22-27(26)9-10-29(15-28)19(26)11-16-5-6-17(13-30)21(33-22)20(16)27/h5-6,18-19,22,30-32H,7-14H2,1-4H3/t18-,19-,22+,24?,25-,26-,27+/m1/s1. The van der Waals surface area contributed by atoms with Crippen molar-refractivity contribution in [3.63, 3.8) is 0 Å². The summed E-state index contributed by atoms with van der Waals surface area (Å²) in [5.41, 5.74) is 0.804. The van der Waals surface area contributed by atoms with Crippen LogP contribution < -0.4 is 4.74 Å². The summed E-state index contributed by atoms with van der Waals surface area (Å²) < 4.78 is 6.90. The summed E-state index contributed by atoms with van der Waals surface area (Å²) in [6, 6.07) is 4.15. The molecule has 7 atom stereocenters. The van der Waals surface area contributed by atoms with Crippen molar-refractivity contribution < 1.29 is 20.1 Å². The van der Waals surface area contributed by atoms with E-state index in [0.29, 0.717) is 6.54 Å². The van der Waals surface area contributed by atoms with Gasteiger partial charge in [0.15, 0.2) is 6.19 Å². The number of fused-ring (bicyclic) bond motifs is 2. The summed E-state index contributed by atoms with van der Waals surface area (Å²) in [5.74, 6) is 0.653. The summed E-state index contributed by atoms with van der Waals surface area (Å²) in [5, 5.41) is 43.4. The van der Waals surface area contributed by atoms with Crippen LogP contribution in [0.3, 0.4) is 0 Å². The zero-order valence-electron chi connectivity index (χ0n) is 20.2. The number of nitriles is 1. The first-order chi connectivity index (χ1) is 15.5. The van der Waals surface area contributed by atoms with Crippen molar-refractivity contribution in [2.75, 3.05) is 13.2 Å². The van der Waals surface area contributed by atoms with Crippen molar-refractivity contribution in [1.29, 1.82) is 5.26 Å². The Kier molecular flexibility index (Phi) is 4.11. The lowest BCUT2D eigenvalue weighted by Crippen LogP contribution is -2.80. The lowest BCUT2D eigenvalue weighted by atomic mass is 9.31. The van der Waals surface area contributed by atoms with Crippen LogP contribution in [0, 0.1) is 33.6 Å². The van der Waals surface area contributed by atoms with Gasteiger partial charge in [-0.3, -0.25) is 0 Å². The molecule has 2 spiro atoms. The first-order valence-corrected chi connectivity index (χ1v) is 12.5. The SMILES string of the molecule is CC(C)(C)C(C)(O)[C@H]1C[C@@]23CC[C@]1(CO)[C@@H]1Oc4c(CO)ccc5c4[C@@]12CCN(C#N)[C@@H]3C5. The minimum Gasteiger partial charge on any atom is -0.488 e. The molecule has 4 fully saturated rings. The molecule has 2 aliphatic heterocycles. The lowest BCUT2D eigenvalue weighted by molar-refractivity contribution is -0.285. The maximum Gasteiger partial charge on any atom is 0.179 e. The van der Waals surface area contributed by atoms with Crippen LogP contribution in [-0.2, 0) is 18.4 Å². The molecule has 1 aromatic rings. The zero-order valence-corrected chi connectivity index (χ0v) is 20.2. The van der Waals surface area contributed by atoms with E-state index in [-0.39, 0.29) is 47.5 Å². The topological polar surface area (TPSA) is 96.9 Å². The number of piperidine rings is 1. The highest BCUT2D eigenvalue weighted by molar-refractivity contribution is 5.61. The molecule has 6 nitrogen and oxygen atoms in total. The van der Waals surface area contributed by atoms with E-state index in [9.17, 15) is 20.6 Å². The van der Waals surface area contributed by atoms with E-state index >= 15 is 0 Å². The van der Waals surface area contributed by atoms with Gasteiger partial charge in [0.05, 0.1) is 18.8 Å². The van der Waals surface area contributed by atoms with Gasteiger partial charge >= 0.3 is 0 Å². The fourth-order valence-corrected chi connectivity index (χ4v) is 9.11. The van der Waals surface area contributed by atoms with Gasteiger partial charge in [-0.05, 0) is 55.9 Å². The Morgan fingerprint density at radius 1 is 1.18 bits per heavy atom. The molecular formula is C27H36N2O4. The molecule has 0 aromatic heterocycles. The summed E-state index contributed by atoms with van der Waals surface area (Å²) in [4.78, 5) is 1.99. The molecule has 3 saturated carbocycles. The third-order valence-corrected chi connectivity index (χ3v) is 11.1. The number of likely N-dealkylation sites (tertiary alicyclic amines) is 1. The van der Waals surface area contributed by atoms with Gasteiger partial charge in [-0.15, -0.1) is 0 Å². The average Bonchev–Trinajstić information content (AvgIpc) is 3.15. The molecule has 6 heteroatoms. The minimum absolute atomic E-state index is 0.0309. The Labute approximate surface area is 196 Å².